The Morgan fingerprint density at radius 3 is 2.52 bits per heavy atom. The highest BCUT2D eigenvalue weighted by atomic mass is 35.5. The van der Waals surface area contributed by atoms with Crippen molar-refractivity contribution in [3.63, 3.8) is 0 Å². The zero-order chi connectivity index (χ0) is 15.8. The minimum Gasteiger partial charge on any atom is -0.282 e. The summed E-state index contributed by atoms with van der Waals surface area (Å²) in [6.07, 6.45) is 0. The summed E-state index contributed by atoms with van der Waals surface area (Å²) in [5, 5.41) is 7.36. The van der Waals surface area contributed by atoms with E-state index in [2.05, 4.69) is 10.2 Å². The molecule has 0 bridgehead atoms. The van der Waals surface area contributed by atoms with Gasteiger partial charge in [0, 0.05) is 29.9 Å². The van der Waals surface area contributed by atoms with Crippen molar-refractivity contribution >= 4 is 33.2 Å². The van der Waals surface area contributed by atoms with Crippen LogP contribution in [0.1, 0.15) is 17.0 Å². The Hall–Kier alpha value is -1.08. The fraction of sp³-hybridized carbons (Fsp3) is 0.308. The molecule has 8 heteroatoms. The summed E-state index contributed by atoms with van der Waals surface area (Å²) in [6.45, 7) is 3.88. The van der Waals surface area contributed by atoms with Gasteiger partial charge in [-0.3, -0.25) is 5.10 Å². The normalized spacial score (nSPS) is 12.1. The number of halogens is 2. The van der Waals surface area contributed by atoms with Crippen LogP contribution in [0, 0.1) is 13.8 Å². The number of nitrogens with zero attached hydrogens (tertiary/aromatic N) is 2. The molecule has 2 aromatic rings. The van der Waals surface area contributed by atoms with E-state index in [0.717, 1.165) is 17.0 Å². The molecule has 0 unspecified atom stereocenters. The SMILES string of the molecule is Cc1n[nH]c(C)c1CN(C)S(=O)(=O)c1cc(Cl)ccc1Cl. The van der Waals surface area contributed by atoms with Crippen molar-refractivity contribution in [1.82, 2.24) is 14.5 Å². The smallest absolute Gasteiger partial charge is 0.244 e. The lowest BCUT2D eigenvalue weighted by Crippen LogP contribution is -2.27. The summed E-state index contributed by atoms with van der Waals surface area (Å²) in [7, 11) is -2.23. The van der Waals surface area contributed by atoms with E-state index in [0.29, 0.717) is 5.02 Å². The first-order chi connectivity index (χ1) is 9.73. The maximum absolute atomic E-state index is 12.6. The highest BCUT2D eigenvalue weighted by molar-refractivity contribution is 7.89. The summed E-state index contributed by atoms with van der Waals surface area (Å²) in [4.78, 5) is -0.00188. The first kappa shape index (κ1) is 16.3. The molecule has 114 valence electrons. The standard InChI is InChI=1S/C13H15Cl2N3O2S/c1-8-11(9(2)17-16-8)7-18(3)21(19,20)13-6-10(14)4-5-12(13)15/h4-6H,7H2,1-3H3,(H,16,17). The average molecular weight is 348 g/mol. The molecule has 0 aliphatic rings. The second-order valence-corrected chi connectivity index (χ2v) is 7.61. The highest BCUT2D eigenvalue weighted by Crippen LogP contribution is 2.28. The van der Waals surface area contributed by atoms with Gasteiger partial charge in [-0.25, -0.2) is 8.42 Å². The molecule has 0 aliphatic heterocycles. The van der Waals surface area contributed by atoms with Gasteiger partial charge in [-0.1, -0.05) is 23.2 Å². The fourth-order valence-electron chi connectivity index (χ4n) is 1.96. The molecular formula is C13H15Cl2N3O2S. The first-order valence-corrected chi connectivity index (χ1v) is 8.35. The zero-order valence-electron chi connectivity index (χ0n) is 11.8. The Balaban J connectivity index is 2.37. The second-order valence-electron chi connectivity index (χ2n) is 4.75. The minimum atomic E-state index is -3.73. The third-order valence-electron chi connectivity index (χ3n) is 3.24. The third-order valence-corrected chi connectivity index (χ3v) is 5.76. The predicted octanol–water partition coefficient (Wildman–Crippen LogP) is 3.15. The van der Waals surface area contributed by atoms with E-state index in [4.69, 9.17) is 23.2 Å². The number of aryl methyl sites for hydroxylation is 2. The predicted molar refractivity (Wildman–Crippen MR) is 83.2 cm³/mol. The Kier molecular flexibility index (Phi) is 4.63. The van der Waals surface area contributed by atoms with Crippen LogP contribution in [0.5, 0.6) is 0 Å². The van der Waals surface area contributed by atoms with Gasteiger partial charge in [-0.05, 0) is 32.0 Å². The van der Waals surface area contributed by atoms with Gasteiger partial charge in [0.15, 0.2) is 0 Å². The molecule has 21 heavy (non-hydrogen) atoms. The number of hydrogen-bond donors (Lipinski definition) is 1. The van der Waals surface area contributed by atoms with Crippen LogP contribution < -0.4 is 0 Å². The molecular weight excluding hydrogens is 333 g/mol. The van der Waals surface area contributed by atoms with Crippen molar-refractivity contribution in [3.05, 3.63) is 45.2 Å². The number of H-pyrrole nitrogens is 1. The maximum atomic E-state index is 12.6. The second kappa shape index (κ2) is 5.96. The Morgan fingerprint density at radius 2 is 1.95 bits per heavy atom. The molecule has 5 nitrogen and oxygen atoms in total. The largest absolute Gasteiger partial charge is 0.282 e. The van der Waals surface area contributed by atoms with Crippen LogP contribution in [0.3, 0.4) is 0 Å². The molecule has 0 spiro atoms. The van der Waals surface area contributed by atoms with Crippen molar-refractivity contribution < 1.29 is 8.42 Å². The van der Waals surface area contributed by atoms with Crippen molar-refractivity contribution in [3.8, 4) is 0 Å². The summed E-state index contributed by atoms with van der Waals surface area (Å²) in [5.41, 5.74) is 2.46. The number of benzene rings is 1. The minimum absolute atomic E-state index is 0.00188. The van der Waals surface area contributed by atoms with Gasteiger partial charge in [-0.2, -0.15) is 9.40 Å². The number of rotatable bonds is 4. The van der Waals surface area contributed by atoms with Gasteiger partial charge in [0.1, 0.15) is 4.90 Å². The maximum Gasteiger partial charge on any atom is 0.244 e. The highest BCUT2D eigenvalue weighted by Gasteiger charge is 2.25. The number of nitrogens with one attached hydrogen (secondary N) is 1. The van der Waals surface area contributed by atoms with E-state index < -0.39 is 10.0 Å². The van der Waals surface area contributed by atoms with Crippen LogP contribution in [0.4, 0.5) is 0 Å². The number of hydrogen-bond acceptors (Lipinski definition) is 3. The molecule has 0 aliphatic carbocycles. The van der Waals surface area contributed by atoms with E-state index in [1.807, 2.05) is 13.8 Å². The number of aromatic amines is 1. The van der Waals surface area contributed by atoms with Crippen LogP contribution >= 0.6 is 23.2 Å². The third kappa shape index (κ3) is 3.23. The van der Waals surface area contributed by atoms with Crippen molar-refractivity contribution in [2.45, 2.75) is 25.3 Å². The van der Waals surface area contributed by atoms with Crippen LogP contribution in [0.2, 0.25) is 10.0 Å². The van der Waals surface area contributed by atoms with Gasteiger partial charge < -0.3 is 0 Å². The molecule has 1 aromatic heterocycles. The van der Waals surface area contributed by atoms with Gasteiger partial charge in [0.25, 0.3) is 0 Å². The lowest BCUT2D eigenvalue weighted by atomic mass is 10.2. The topological polar surface area (TPSA) is 66.1 Å². The molecule has 0 amide bonds. The quantitative estimate of drug-likeness (QED) is 0.923. The first-order valence-electron chi connectivity index (χ1n) is 6.15. The summed E-state index contributed by atoms with van der Waals surface area (Å²) < 4.78 is 26.4. The van der Waals surface area contributed by atoms with Gasteiger partial charge in [0.05, 0.1) is 10.7 Å². The van der Waals surface area contributed by atoms with Crippen LogP contribution in [-0.2, 0) is 16.6 Å². The lowest BCUT2D eigenvalue weighted by molar-refractivity contribution is 0.465. The van der Waals surface area contributed by atoms with Gasteiger partial charge >= 0.3 is 0 Å². The molecule has 1 heterocycles. The molecule has 2 rings (SSSR count). The molecule has 1 aromatic carbocycles. The van der Waals surface area contributed by atoms with E-state index in [9.17, 15) is 8.42 Å². The van der Waals surface area contributed by atoms with Crippen LogP contribution in [0.25, 0.3) is 0 Å². The van der Waals surface area contributed by atoms with Crippen LogP contribution in [-0.4, -0.2) is 30.0 Å². The van der Waals surface area contributed by atoms with E-state index in [-0.39, 0.29) is 16.5 Å². The average Bonchev–Trinajstić information content (AvgIpc) is 2.73. The number of sulfonamides is 1. The summed E-state index contributed by atoms with van der Waals surface area (Å²) in [5.74, 6) is 0. The Bertz CT molecular complexity index is 752. The fourth-order valence-corrected chi connectivity index (χ4v) is 3.83. The molecule has 0 fully saturated rings. The van der Waals surface area contributed by atoms with E-state index in [1.54, 1.807) is 6.07 Å². The molecule has 0 radical (unpaired) electrons. The zero-order valence-corrected chi connectivity index (χ0v) is 14.1. The summed E-state index contributed by atoms with van der Waals surface area (Å²) in [6, 6.07) is 4.37. The van der Waals surface area contributed by atoms with Crippen molar-refractivity contribution in [2.24, 2.45) is 0 Å². The van der Waals surface area contributed by atoms with Gasteiger partial charge in [-0.15, -0.1) is 0 Å². The number of aromatic nitrogens is 2. The van der Waals surface area contributed by atoms with Crippen LogP contribution in [0.15, 0.2) is 23.1 Å². The Labute approximate surface area is 133 Å². The molecule has 0 saturated heterocycles. The Morgan fingerprint density at radius 1 is 1.29 bits per heavy atom. The molecule has 0 saturated carbocycles. The van der Waals surface area contributed by atoms with Gasteiger partial charge in [0.2, 0.25) is 10.0 Å². The summed E-state index contributed by atoms with van der Waals surface area (Å²) >= 11 is 11.9. The van der Waals surface area contributed by atoms with E-state index in [1.165, 1.54) is 23.5 Å². The lowest BCUT2D eigenvalue weighted by Gasteiger charge is -2.18. The monoisotopic (exact) mass is 347 g/mol. The molecule has 1 N–H and O–H groups in total. The van der Waals surface area contributed by atoms with E-state index >= 15 is 0 Å². The van der Waals surface area contributed by atoms with Crippen molar-refractivity contribution in [2.75, 3.05) is 7.05 Å². The van der Waals surface area contributed by atoms with Crippen molar-refractivity contribution in [1.29, 1.82) is 0 Å². The molecule has 0 atom stereocenters.